The van der Waals surface area contributed by atoms with E-state index in [1.807, 2.05) is 11.8 Å². The summed E-state index contributed by atoms with van der Waals surface area (Å²) in [5.41, 5.74) is 4.18. The van der Waals surface area contributed by atoms with Crippen LogP contribution in [0, 0.1) is 11.8 Å². The lowest BCUT2D eigenvalue weighted by molar-refractivity contribution is 0.114. The van der Waals surface area contributed by atoms with E-state index in [0.29, 0.717) is 18.4 Å². The monoisotopic (exact) mass is 354 g/mol. The van der Waals surface area contributed by atoms with Crippen LogP contribution in [0.15, 0.2) is 30.3 Å². The van der Waals surface area contributed by atoms with Crippen LogP contribution in [0.2, 0.25) is 0 Å². The highest BCUT2D eigenvalue weighted by atomic mass is 16.6. The number of fused-ring (bicyclic) bond motifs is 1. The highest BCUT2D eigenvalue weighted by Crippen LogP contribution is 2.43. The molecule has 0 radical (unpaired) electrons. The number of hydrogen-bond donors (Lipinski definition) is 0. The average Bonchev–Trinajstić information content (AvgIpc) is 3.37. The molecule has 1 aromatic carbocycles. The maximum Gasteiger partial charge on any atom is 0.409 e. The van der Waals surface area contributed by atoms with E-state index in [1.54, 1.807) is 0 Å². The van der Waals surface area contributed by atoms with Crippen molar-refractivity contribution in [2.24, 2.45) is 11.8 Å². The van der Waals surface area contributed by atoms with Crippen LogP contribution < -0.4 is 0 Å². The molecule has 0 bridgehead atoms. The average molecular weight is 354 g/mol. The Balaban J connectivity index is 1.36. The standard InChI is InChI=1S/C22H30N2O2/c1-2-26-22(25)24-15-19-9-10-20(21(19)16-24)18-7-5-17(6-8-18)11-14-23-12-3-4-13-23/h5-8,10,19,21H,2-4,9,11-16H2,1H3. The van der Waals surface area contributed by atoms with Crippen molar-refractivity contribution in [3.05, 3.63) is 41.5 Å². The fraction of sp³-hybridized carbons (Fsp3) is 0.591. The van der Waals surface area contributed by atoms with Gasteiger partial charge in [0.05, 0.1) is 6.61 Å². The smallest absolute Gasteiger partial charge is 0.409 e. The summed E-state index contributed by atoms with van der Waals surface area (Å²) in [5, 5.41) is 0. The quantitative estimate of drug-likeness (QED) is 0.806. The molecule has 0 spiro atoms. The Morgan fingerprint density at radius 2 is 1.92 bits per heavy atom. The van der Waals surface area contributed by atoms with Crippen molar-refractivity contribution in [1.82, 2.24) is 9.80 Å². The van der Waals surface area contributed by atoms with E-state index in [4.69, 9.17) is 4.74 Å². The van der Waals surface area contributed by atoms with Gasteiger partial charge in [0.25, 0.3) is 0 Å². The predicted molar refractivity (Wildman–Crippen MR) is 104 cm³/mol. The number of benzene rings is 1. The Morgan fingerprint density at radius 3 is 2.65 bits per heavy atom. The van der Waals surface area contributed by atoms with Crippen molar-refractivity contribution in [3.8, 4) is 0 Å². The molecule has 4 heteroatoms. The van der Waals surface area contributed by atoms with Gasteiger partial charge in [-0.25, -0.2) is 4.79 Å². The number of amides is 1. The lowest BCUT2D eigenvalue weighted by Crippen LogP contribution is -2.30. The molecule has 3 aliphatic rings. The van der Waals surface area contributed by atoms with Gasteiger partial charge in [-0.3, -0.25) is 0 Å². The number of carbonyl (C=O) groups is 1. The first kappa shape index (κ1) is 17.6. The molecule has 1 amide bonds. The van der Waals surface area contributed by atoms with Crippen LogP contribution in [0.3, 0.4) is 0 Å². The minimum Gasteiger partial charge on any atom is -0.450 e. The fourth-order valence-corrected chi connectivity index (χ4v) is 4.75. The van der Waals surface area contributed by atoms with Gasteiger partial charge in [-0.2, -0.15) is 0 Å². The molecule has 4 rings (SSSR count). The van der Waals surface area contributed by atoms with Crippen molar-refractivity contribution in [2.45, 2.75) is 32.6 Å². The molecule has 2 saturated heterocycles. The molecule has 2 aliphatic heterocycles. The Labute approximate surface area is 156 Å². The predicted octanol–water partition coefficient (Wildman–Crippen LogP) is 3.82. The minimum absolute atomic E-state index is 0.154. The van der Waals surface area contributed by atoms with Gasteiger partial charge in [0.15, 0.2) is 0 Å². The second-order valence-corrected chi connectivity index (χ2v) is 7.86. The van der Waals surface area contributed by atoms with E-state index < -0.39 is 0 Å². The lowest BCUT2D eigenvalue weighted by atomic mass is 9.90. The molecule has 0 aromatic heterocycles. The van der Waals surface area contributed by atoms with Crippen LogP contribution >= 0.6 is 0 Å². The third-order valence-electron chi connectivity index (χ3n) is 6.21. The zero-order valence-electron chi connectivity index (χ0n) is 15.8. The van der Waals surface area contributed by atoms with Gasteiger partial charge in [-0.05, 0) is 68.3 Å². The molecule has 4 nitrogen and oxygen atoms in total. The molecule has 0 saturated carbocycles. The lowest BCUT2D eigenvalue weighted by Gasteiger charge is -2.17. The summed E-state index contributed by atoms with van der Waals surface area (Å²) in [6, 6.07) is 9.14. The van der Waals surface area contributed by atoms with Crippen LogP contribution in [0.25, 0.3) is 5.57 Å². The summed E-state index contributed by atoms with van der Waals surface area (Å²) in [5.74, 6) is 1.03. The van der Waals surface area contributed by atoms with Crippen molar-refractivity contribution < 1.29 is 9.53 Å². The largest absolute Gasteiger partial charge is 0.450 e. The van der Waals surface area contributed by atoms with E-state index in [9.17, 15) is 4.79 Å². The Morgan fingerprint density at radius 1 is 1.15 bits per heavy atom. The molecule has 2 heterocycles. The molecule has 2 unspecified atom stereocenters. The van der Waals surface area contributed by atoms with Crippen LogP contribution in [-0.4, -0.2) is 55.2 Å². The van der Waals surface area contributed by atoms with Gasteiger partial charge >= 0.3 is 6.09 Å². The van der Waals surface area contributed by atoms with Gasteiger partial charge in [-0.1, -0.05) is 30.3 Å². The molecule has 140 valence electrons. The first-order valence-electron chi connectivity index (χ1n) is 10.2. The van der Waals surface area contributed by atoms with E-state index in [1.165, 1.54) is 49.2 Å². The number of hydrogen-bond acceptors (Lipinski definition) is 3. The van der Waals surface area contributed by atoms with E-state index in [2.05, 4.69) is 35.2 Å². The molecular formula is C22H30N2O2. The van der Waals surface area contributed by atoms with Crippen LogP contribution in [0.1, 0.15) is 37.3 Å². The van der Waals surface area contributed by atoms with Gasteiger partial charge in [0, 0.05) is 25.6 Å². The second-order valence-electron chi connectivity index (χ2n) is 7.86. The second kappa shape index (κ2) is 7.83. The number of nitrogens with zero attached hydrogens (tertiary/aromatic N) is 2. The van der Waals surface area contributed by atoms with E-state index in [0.717, 1.165) is 25.9 Å². The molecule has 1 aliphatic carbocycles. The normalized spacial score (nSPS) is 25.4. The van der Waals surface area contributed by atoms with Crippen molar-refractivity contribution >= 4 is 11.7 Å². The molecular weight excluding hydrogens is 324 g/mol. The number of allylic oxidation sites excluding steroid dienone is 1. The van der Waals surface area contributed by atoms with Gasteiger partial charge in [0.1, 0.15) is 0 Å². The fourth-order valence-electron chi connectivity index (χ4n) is 4.75. The third kappa shape index (κ3) is 3.66. The van der Waals surface area contributed by atoms with Crippen molar-refractivity contribution in [3.63, 3.8) is 0 Å². The summed E-state index contributed by atoms with van der Waals surface area (Å²) >= 11 is 0. The Kier molecular flexibility index (Phi) is 5.30. The maximum absolute atomic E-state index is 12.0. The van der Waals surface area contributed by atoms with Crippen LogP contribution in [0.4, 0.5) is 4.79 Å². The highest BCUT2D eigenvalue weighted by molar-refractivity contribution is 5.73. The summed E-state index contributed by atoms with van der Waals surface area (Å²) in [6.45, 7) is 7.67. The first-order valence-corrected chi connectivity index (χ1v) is 10.2. The maximum atomic E-state index is 12.0. The summed E-state index contributed by atoms with van der Waals surface area (Å²) < 4.78 is 5.18. The Bertz CT molecular complexity index is 661. The van der Waals surface area contributed by atoms with Gasteiger partial charge < -0.3 is 14.5 Å². The summed E-state index contributed by atoms with van der Waals surface area (Å²) in [7, 11) is 0. The highest BCUT2D eigenvalue weighted by Gasteiger charge is 2.40. The minimum atomic E-state index is -0.154. The number of likely N-dealkylation sites (tertiary alicyclic amines) is 2. The van der Waals surface area contributed by atoms with Crippen LogP contribution in [0.5, 0.6) is 0 Å². The molecule has 2 atom stereocenters. The van der Waals surface area contributed by atoms with Gasteiger partial charge in [0.2, 0.25) is 0 Å². The summed E-state index contributed by atoms with van der Waals surface area (Å²) in [4.78, 5) is 16.5. The van der Waals surface area contributed by atoms with Crippen molar-refractivity contribution in [1.29, 1.82) is 0 Å². The number of ether oxygens (including phenoxy) is 1. The molecule has 2 fully saturated rings. The molecule has 26 heavy (non-hydrogen) atoms. The van der Waals surface area contributed by atoms with E-state index >= 15 is 0 Å². The first-order chi connectivity index (χ1) is 12.7. The zero-order valence-corrected chi connectivity index (χ0v) is 15.8. The Hall–Kier alpha value is -1.81. The SMILES string of the molecule is CCOC(=O)N1CC2CC=C(c3ccc(CCN4CCCC4)cc3)C2C1. The van der Waals surface area contributed by atoms with E-state index in [-0.39, 0.29) is 6.09 Å². The van der Waals surface area contributed by atoms with Gasteiger partial charge in [-0.15, -0.1) is 0 Å². The molecule has 0 N–H and O–H groups in total. The molecule has 1 aromatic rings. The number of carbonyl (C=O) groups excluding carboxylic acids is 1. The topological polar surface area (TPSA) is 32.8 Å². The third-order valence-corrected chi connectivity index (χ3v) is 6.21. The summed E-state index contributed by atoms with van der Waals surface area (Å²) in [6.07, 6.45) is 7.17. The zero-order chi connectivity index (χ0) is 17.9. The van der Waals surface area contributed by atoms with Crippen LogP contribution in [-0.2, 0) is 11.2 Å². The van der Waals surface area contributed by atoms with Crippen molar-refractivity contribution in [2.75, 3.05) is 39.3 Å². The number of rotatable bonds is 5.